The van der Waals surface area contributed by atoms with Gasteiger partial charge in [-0.1, -0.05) is 31.4 Å². The normalized spacial score (nSPS) is 23.8. The van der Waals surface area contributed by atoms with Crippen LogP contribution in [0.15, 0.2) is 29.2 Å². The average Bonchev–Trinajstić information content (AvgIpc) is 2.96. The van der Waals surface area contributed by atoms with E-state index in [1.807, 2.05) is 0 Å². The van der Waals surface area contributed by atoms with Gasteiger partial charge in [-0.3, -0.25) is 19.3 Å². The fourth-order valence-electron chi connectivity index (χ4n) is 4.35. The van der Waals surface area contributed by atoms with Crippen LogP contribution in [0.4, 0.5) is 0 Å². The third-order valence-corrected chi connectivity index (χ3v) is 7.58. The molecule has 0 bridgehead atoms. The highest BCUT2D eigenvalue weighted by Crippen LogP contribution is 2.45. The fourth-order valence-corrected chi connectivity index (χ4v) is 5.91. The third-order valence-electron chi connectivity index (χ3n) is 5.74. The van der Waals surface area contributed by atoms with E-state index in [2.05, 4.69) is 0 Å². The molecule has 1 aromatic carbocycles. The minimum absolute atomic E-state index is 0.0205. The quantitative estimate of drug-likeness (QED) is 0.746. The Balaban J connectivity index is 1.52. The molecule has 4 rings (SSSR count). The summed E-state index contributed by atoms with van der Waals surface area (Å²) < 4.78 is 25.9. The second-order valence-electron chi connectivity index (χ2n) is 7.25. The second kappa shape index (κ2) is 5.90. The van der Waals surface area contributed by atoms with Crippen molar-refractivity contribution in [3.8, 4) is 0 Å². The van der Waals surface area contributed by atoms with Crippen LogP contribution in [-0.2, 0) is 19.6 Å². The van der Waals surface area contributed by atoms with Gasteiger partial charge in [-0.15, -0.1) is 0 Å². The summed E-state index contributed by atoms with van der Waals surface area (Å²) >= 11 is 0. The van der Waals surface area contributed by atoms with E-state index in [4.69, 9.17) is 0 Å². The molecular weight excluding hydrogens is 356 g/mol. The highest BCUT2D eigenvalue weighted by Gasteiger charge is 2.52. The molecule has 1 spiro atoms. The zero-order valence-electron chi connectivity index (χ0n) is 14.3. The first-order chi connectivity index (χ1) is 12.4. The summed E-state index contributed by atoms with van der Waals surface area (Å²) in [5, 5.41) is 0. The lowest BCUT2D eigenvalue weighted by atomic mass is 9.73. The smallest absolute Gasteiger partial charge is 0.269 e. The molecule has 2 aliphatic heterocycles. The van der Waals surface area contributed by atoms with Crippen molar-refractivity contribution in [3.63, 3.8) is 0 Å². The Morgan fingerprint density at radius 3 is 2.35 bits per heavy atom. The summed E-state index contributed by atoms with van der Waals surface area (Å²) in [5.41, 5.74) is -0.470. The lowest BCUT2D eigenvalue weighted by Gasteiger charge is -2.30. The number of carbonyl (C=O) groups excluding carboxylic acids is 3. The van der Waals surface area contributed by atoms with Gasteiger partial charge in [0.2, 0.25) is 11.8 Å². The van der Waals surface area contributed by atoms with Gasteiger partial charge in [0.05, 0.1) is 17.5 Å². The summed E-state index contributed by atoms with van der Waals surface area (Å²) in [6, 6.07) is 6.04. The number of imide groups is 1. The molecule has 26 heavy (non-hydrogen) atoms. The van der Waals surface area contributed by atoms with Crippen LogP contribution in [0.3, 0.4) is 0 Å². The Labute approximate surface area is 152 Å². The zero-order chi connectivity index (χ0) is 18.5. The van der Waals surface area contributed by atoms with Crippen molar-refractivity contribution in [2.45, 2.75) is 43.4 Å². The predicted molar refractivity (Wildman–Crippen MR) is 91.5 cm³/mol. The van der Waals surface area contributed by atoms with Crippen LogP contribution in [0.1, 0.15) is 48.9 Å². The Hall–Kier alpha value is -2.22. The van der Waals surface area contributed by atoms with E-state index in [1.165, 1.54) is 12.1 Å². The molecule has 8 heteroatoms. The maximum Gasteiger partial charge on any atom is 0.269 e. The van der Waals surface area contributed by atoms with Crippen LogP contribution >= 0.6 is 0 Å². The van der Waals surface area contributed by atoms with E-state index in [0.29, 0.717) is 12.8 Å². The van der Waals surface area contributed by atoms with Gasteiger partial charge in [-0.05, 0) is 25.0 Å². The van der Waals surface area contributed by atoms with Crippen LogP contribution in [0.25, 0.3) is 0 Å². The molecule has 1 aliphatic carbocycles. The maximum atomic E-state index is 12.8. The summed E-state index contributed by atoms with van der Waals surface area (Å²) in [5.74, 6) is -1.07. The SMILES string of the molecule is O=C1CC2(CCCCC2)C(=O)N1CCN1C(=O)c2ccccc2S1(=O)=O. The van der Waals surface area contributed by atoms with Crippen LogP contribution in [0.2, 0.25) is 0 Å². The molecule has 3 amide bonds. The van der Waals surface area contributed by atoms with Crippen molar-refractivity contribution in [2.24, 2.45) is 5.41 Å². The number of hydrogen-bond donors (Lipinski definition) is 0. The van der Waals surface area contributed by atoms with Gasteiger partial charge in [0.25, 0.3) is 15.9 Å². The summed E-state index contributed by atoms with van der Waals surface area (Å²) in [6.07, 6.45) is 4.55. The zero-order valence-corrected chi connectivity index (χ0v) is 15.1. The number of rotatable bonds is 3. The lowest BCUT2D eigenvalue weighted by Crippen LogP contribution is -2.42. The molecule has 0 unspecified atom stereocenters. The van der Waals surface area contributed by atoms with Crippen molar-refractivity contribution in [1.29, 1.82) is 0 Å². The lowest BCUT2D eigenvalue weighted by molar-refractivity contribution is -0.142. The molecule has 3 aliphatic rings. The third kappa shape index (κ3) is 2.39. The number of hydrogen-bond acceptors (Lipinski definition) is 5. The van der Waals surface area contributed by atoms with Gasteiger partial charge in [0, 0.05) is 13.0 Å². The molecule has 2 heterocycles. The topological polar surface area (TPSA) is 91.8 Å². The van der Waals surface area contributed by atoms with Gasteiger partial charge in [-0.2, -0.15) is 0 Å². The molecular formula is C18H20N2O5S. The number of amides is 3. The van der Waals surface area contributed by atoms with Gasteiger partial charge >= 0.3 is 0 Å². The molecule has 1 saturated heterocycles. The van der Waals surface area contributed by atoms with E-state index in [1.54, 1.807) is 12.1 Å². The Morgan fingerprint density at radius 1 is 0.962 bits per heavy atom. The molecule has 0 N–H and O–H groups in total. The van der Waals surface area contributed by atoms with Crippen molar-refractivity contribution >= 4 is 27.7 Å². The molecule has 0 atom stereocenters. The summed E-state index contributed by atoms with van der Waals surface area (Å²) in [4.78, 5) is 38.8. The fraction of sp³-hybridized carbons (Fsp3) is 0.500. The predicted octanol–water partition coefficient (Wildman–Crippen LogP) is 1.54. The van der Waals surface area contributed by atoms with E-state index >= 15 is 0 Å². The Kier molecular flexibility index (Phi) is 3.91. The molecule has 0 aromatic heterocycles. The van der Waals surface area contributed by atoms with E-state index in [0.717, 1.165) is 28.5 Å². The van der Waals surface area contributed by atoms with Crippen LogP contribution in [0, 0.1) is 5.41 Å². The number of carbonyl (C=O) groups is 3. The number of sulfonamides is 1. The second-order valence-corrected chi connectivity index (χ2v) is 9.08. The molecule has 7 nitrogen and oxygen atoms in total. The van der Waals surface area contributed by atoms with Crippen molar-refractivity contribution in [1.82, 2.24) is 9.21 Å². The van der Waals surface area contributed by atoms with Crippen LogP contribution < -0.4 is 0 Å². The Bertz CT molecular complexity index is 902. The number of benzene rings is 1. The number of likely N-dealkylation sites (tertiary alicyclic amines) is 1. The average molecular weight is 376 g/mol. The standard InChI is InChI=1S/C18H20N2O5S/c21-15-12-18(8-4-1-5-9-18)17(23)19(15)10-11-20-16(22)13-6-2-3-7-14(13)26(20,24)25/h2-3,6-7H,1,4-5,8-12H2. The monoisotopic (exact) mass is 376 g/mol. The molecule has 2 fully saturated rings. The highest BCUT2D eigenvalue weighted by atomic mass is 32.2. The van der Waals surface area contributed by atoms with Crippen molar-refractivity contribution in [3.05, 3.63) is 29.8 Å². The van der Waals surface area contributed by atoms with Crippen molar-refractivity contribution < 1.29 is 22.8 Å². The summed E-state index contributed by atoms with van der Waals surface area (Å²) in [6.45, 7) is -0.290. The van der Waals surface area contributed by atoms with Crippen molar-refractivity contribution in [2.75, 3.05) is 13.1 Å². The van der Waals surface area contributed by atoms with E-state index in [9.17, 15) is 22.8 Å². The minimum atomic E-state index is -3.92. The molecule has 1 saturated carbocycles. The first-order valence-corrected chi connectivity index (χ1v) is 10.3. The largest absolute Gasteiger partial charge is 0.280 e. The van der Waals surface area contributed by atoms with Gasteiger partial charge in [0.1, 0.15) is 4.90 Å². The Morgan fingerprint density at radius 2 is 1.65 bits per heavy atom. The van der Waals surface area contributed by atoms with E-state index in [-0.39, 0.29) is 41.8 Å². The maximum absolute atomic E-state index is 12.8. The van der Waals surface area contributed by atoms with Crippen LogP contribution in [-0.4, -0.2) is 48.4 Å². The molecule has 0 radical (unpaired) electrons. The van der Waals surface area contributed by atoms with Gasteiger partial charge in [0.15, 0.2) is 0 Å². The summed E-state index contributed by atoms with van der Waals surface area (Å²) in [7, 11) is -3.92. The number of nitrogens with zero attached hydrogens (tertiary/aromatic N) is 2. The first-order valence-electron chi connectivity index (χ1n) is 8.88. The van der Waals surface area contributed by atoms with Gasteiger partial charge in [-0.25, -0.2) is 12.7 Å². The first kappa shape index (κ1) is 17.2. The molecule has 138 valence electrons. The highest BCUT2D eigenvalue weighted by molar-refractivity contribution is 7.90. The molecule has 1 aromatic rings. The number of fused-ring (bicyclic) bond motifs is 1. The van der Waals surface area contributed by atoms with E-state index < -0.39 is 21.3 Å². The van der Waals surface area contributed by atoms with Gasteiger partial charge < -0.3 is 0 Å². The van der Waals surface area contributed by atoms with Crippen LogP contribution in [0.5, 0.6) is 0 Å². The minimum Gasteiger partial charge on any atom is -0.280 e.